The maximum atomic E-state index is 11.4. The van der Waals surface area contributed by atoms with Crippen LogP contribution in [0.4, 0.5) is 0 Å². The van der Waals surface area contributed by atoms with Gasteiger partial charge >= 0.3 is 0 Å². The van der Waals surface area contributed by atoms with Crippen molar-refractivity contribution in [2.45, 2.75) is 31.5 Å². The van der Waals surface area contributed by atoms with Gasteiger partial charge in [0.2, 0.25) is 5.91 Å². The van der Waals surface area contributed by atoms with Gasteiger partial charge in [0, 0.05) is 17.9 Å². The quantitative estimate of drug-likeness (QED) is 0.625. The van der Waals surface area contributed by atoms with E-state index in [1.807, 2.05) is 20.8 Å². The van der Waals surface area contributed by atoms with Crippen molar-refractivity contribution in [1.82, 2.24) is 15.3 Å². The summed E-state index contributed by atoms with van der Waals surface area (Å²) in [6.45, 7) is 5.86. The zero-order chi connectivity index (χ0) is 11.3. The molecule has 0 aliphatic rings. The van der Waals surface area contributed by atoms with E-state index in [9.17, 15) is 4.79 Å². The molecule has 5 heteroatoms. The fourth-order valence-corrected chi connectivity index (χ4v) is 1.55. The molecule has 0 bridgehead atoms. The zero-order valence-electron chi connectivity index (χ0n) is 9.15. The highest BCUT2D eigenvalue weighted by Crippen LogP contribution is 2.10. The minimum absolute atomic E-state index is 0.0000435. The molecule has 15 heavy (non-hydrogen) atoms. The van der Waals surface area contributed by atoms with Gasteiger partial charge in [0.15, 0.2) is 5.16 Å². The lowest BCUT2D eigenvalue weighted by atomic mass is 10.1. The van der Waals surface area contributed by atoms with Crippen molar-refractivity contribution in [2.24, 2.45) is 0 Å². The van der Waals surface area contributed by atoms with Gasteiger partial charge in [-0.3, -0.25) is 4.79 Å². The summed E-state index contributed by atoms with van der Waals surface area (Å²) >= 11 is 1.33. The third-order valence-corrected chi connectivity index (χ3v) is 2.26. The average molecular weight is 225 g/mol. The number of nitrogens with zero attached hydrogens (tertiary/aromatic N) is 2. The molecule has 0 aromatic carbocycles. The first-order chi connectivity index (χ1) is 6.97. The lowest BCUT2D eigenvalue weighted by Gasteiger charge is -2.20. The Morgan fingerprint density at radius 2 is 2.00 bits per heavy atom. The van der Waals surface area contributed by atoms with E-state index in [-0.39, 0.29) is 11.4 Å². The van der Waals surface area contributed by atoms with E-state index >= 15 is 0 Å². The Kier molecular flexibility index (Phi) is 4.08. The maximum Gasteiger partial charge on any atom is 0.230 e. The number of amides is 1. The van der Waals surface area contributed by atoms with E-state index in [0.29, 0.717) is 10.9 Å². The molecule has 1 N–H and O–H groups in total. The van der Waals surface area contributed by atoms with Crippen LogP contribution in [0.3, 0.4) is 0 Å². The number of thioether (sulfide) groups is 1. The van der Waals surface area contributed by atoms with Crippen LogP contribution < -0.4 is 5.32 Å². The predicted molar refractivity (Wildman–Crippen MR) is 60.7 cm³/mol. The lowest BCUT2D eigenvalue weighted by Crippen LogP contribution is -2.41. The van der Waals surface area contributed by atoms with Gasteiger partial charge in [0.25, 0.3) is 0 Å². The Bertz CT molecular complexity index is 321. The standard InChI is InChI=1S/C10H15N3OS/c1-10(2,3)13-8(14)7-15-9-11-5-4-6-12-9/h4-6H,7H2,1-3H3,(H,13,14). The molecule has 0 atom stereocenters. The minimum atomic E-state index is -0.185. The molecule has 4 nitrogen and oxygen atoms in total. The van der Waals surface area contributed by atoms with Crippen molar-refractivity contribution >= 4 is 17.7 Å². The molecule has 0 fully saturated rings. The summed E-state index contributed by atoms with van der Waals surface area (Å²) in [4.78, 5) is 19.5. The third kappa shape index (κ3) is 5.37. The van der Waals surface area contributed by atoms with Gasteiger partial charge in [0.05, 0.1) is 5.75 Å². The van der Waals surface area contributed by atoms with Gasteiger partial charge < -0.3 is 5.32 Å². The molecular formula is C10H15N3OS. The molecule has 1 aromatic heterocycles. The summed E-state index contributed by atoms with van der Waals surface area (Å²) in [6.07, 6.45) is 3.33. The van der Waals surface area contributed by atoms with E-state index < -0.39 is 0 Å². The van der Waals surface area contributed by atoms with Crippen molar-refractivity contribution in [1.29, 1.82) is 0 Å². The highest BCUT2D eigenvalue weighted by Gasteiger charge is 2.13. The van der Waals surface area contributed by atoms with Crippen molar-refractivity contribution in [3.05, 3.63) is 18.5 Å². The Morgan fingerprint density at radius 1 is 1.40 bits per heavy atom. The van der Waals surface area contributed by atoms with Crippen molar-refractivity contribution in [3.63, 3.8) is 0 Å². The van der Waals surface area contributed by atoms with E-state index in [1.54, 1.807) is 18.5 Å². The van der Waals surface area contributed by atoms with Crippen LogP contribution in [0, 0.1) is 0 Å². The molecule has 1 amide bonds. The fraction of sp³-hybridized carbons (Fsp3) is 0.500. The lowest BCUT2D eigenvalue weighted by molar-refractivity contribution is -0.119. The van der Waals surface area contributed by atoms with Crippen molar-refractivity contribution in [3.8, 4) is 0 Å². The minimum Gasteiger partial charge on any atom is -0.351 e. The monoisotopic (exact) mass is 225 g/mol. The first kappa shape index (κ1) is 12.0. The number of hydrogen-bond donors (Lipinski definition) is 1. The SMILES string of the molecule is CC(C)(C)NC(=O)CSc1ncccn1. The highest BCUT2D eigenvalue weighted by molar-refractivity contribution is 7.99. The number of carbonyl (C=O) groups is 1. The van der Waals surface area contributed by atoms with E-state index in [1.165, 1.54) is 11.8 Å². The molecule has 0 saturated carbocycles. The highest BCUT2D eigenvalue weighted by atomic mass is 32.2. The van der Waals surface area contributed by atoms with Crippen LogP contribution in [0.2, 0.25) is 0 Å². The Morgan fingerprint density at radius 3 is 2.53 bits per heavy atom. The summed E-state index contributed by atoms with van der Waals surface area (Å²) < 4.78 is 0. The molecule has 1 heterocycles. The van der Waals surface area contributed by atoms with Crippen molar-refractivity contribution < 1.29 is 4.79 Å². The van der Waals surface area contributed by atoms with E-state index in [2.05, 4.69) is 15.3 Å². The molecule has 1 aromatic rings. The Balaban J connectivity index is 2.35. The zero-order valence-corrected chi connectivity index (χ0v) is 9.97. The van der Waals surface area contributed by atoms with Crippen LogP contribution in [0.5, 0.6) is 0 Å². The number of nitrogens with one attached hydrogen (secondary N) is 1. The number of aromatic nitrogens is 2. The smallest absolute Gasteiger partial charge is 0.230 e. The predicted octanol–water partition coefficient (Wildman–Crippen LogP) is 1.48. The summed E-state index contributed by atoms with van der Waals surface area (Å²) in [7, 11) is 0. The van der Waals surface area contributed by atoms with Gasteiger partial charge in [-0.05, 0) is 26.8 Å². The molecule has 0 spiro atoms. The molecule has 0 aliphatic carbocycles. The van der Waals surface area contributed by atoms with E-state index in [0.717, 1.165) is 0 Å². The van der Waals surface area contributed by atoms with Crippen LogP contribution in [0.15, 0.2) is 23.6 Å². The van der Waals surface area contributed by atoms with Gasteiger partial charge in [-0.2, -0.15) is 0 Å². The molecule has 0 aliphatic heterocycles. The summed E-state index contributed by atoms with van der Waals surface area (Å²) in [5.74, 6) is 0.348. The van der Waals surface area contributed by atoms with Gasteiger partial charge in [-0.1, -0.05) is 11.8 Å². The topological polar surface area (TPSA) is 54.9 Å². The molecule has 0 radical (unpaired) electrons. The van der Waals surface area contributed by atoms with Crippen LogP contribution in [-0.2, 0) is 4.79 Å². The van der Waals surface area contributed by atoms with Gasteiger partial charge in [0.1, 0.15) is 0 Å². The largest absolute Gasteiger partial charge is 0.351 e. The number of hydrogen-bond acceptors (Lipinski definition) is 4. The summed E-state index contributed by atoms with van der Waals surface area (Å²) in [5.41, 5.74) is -0.185. The van der Waals surface area contributed by atoms with Gasteiger partial charge in [-0.25, -0.2) is 9.97 Å². The second-order valence-electron chi connectivity index (χ2n) is 4.12. The first-order valence-corrected chi connectivity index (χ1v) is 5.67. The van der Waals surface area contributed by atoms with Crippen LogP contribution in [-0.4, -0.2) is 27.2 Å². The number of carbonyl (C=O) groups excluding carboxylic acids is 1. The molecule has 82 valence electrons. The van der Waals surface area contributed by atoms with Crippen LogP contribution >= 0.6 is 11.8 Å². The Hall–Kier alpha value is -1.10. The average Bonchev–Trinajstić information content (AvgIpc) is 2.14. The van der Waals surface area contributed by atoms with Crippen molar-refractivity contribution in [2.75, 3.05) is 5.75 Å². The fourth-order valence-electron chi connectivity index (χ4n) is 0.944. The van der Waals surface area contributed by atoms with E-state index in [4.69, 9.17) is 0 Å². The summed E-state index contributed by atoms with van der Waals surface area (Å²) in [5, 5.41) is 3.50. The molecule has 0 unspecified atom stereocenters. The second-order valence-corrected chi connectivity index (χ2v) is 5.06. The number of rotatable bonds is 3. The molecule has 1 rings (SSSR count). The Labute approximate surface area is 93.9 Å². The third-order valence-electron chi connectivity index (χ3n) is 1.39. The molecule has 0 saturated heterocycles. The van der Waals surface area contributed by atoms with Crippen LogP contribution in [0.25, 0.3) is 0 Å². The first-order valence-electron chi connectivity index (χ1n) is 4.68. The maximum absolute atomic E-state index is 11.4. The molecular weight excluding hydrogens is 210 g/mol. The van der Waals surface area contributed by atoms with Gasteiger partial charge in [-0.15, -0.1) is 0 Å². The summed E-state index contributed by atoms with van der Waals surface area (Å²) in [6, 6.07) is 1.75. The normalized spacial score (nSPS) is 11.1. The van der Waals surface area contributed by atoms with Crippen LogP contribution in [0.1, 0.15) is 20.8 Å². The second kappa shape index (κ2) is 5.11.